The molecule has 0 atom stereocenters. The van der Waals surface area contributed by atoms with Gasteiger partial charge in [0.1, 0.15) is 11.4 Å². The van der Waals surface area contributed by atoms with Crippen molar-refractivity contribution in [3.05, 3.63) is 51.8 Å². The van der Waals surface area contributed by atoms with Crippen LogP contribution < -0.4 is 5.32 Å². The molecule has 1 aromatic carbocycles. The summed E-state index contributed by atoms with van der Waals surface area (Å²) < 4.78 is 29.1. The van der Waals surface area contributed by atoms with Gasteiger partial charge >= 0.3 is 0 Å². The molecule has 1 aromatic heterocycles. The fourth-order valence-corrected chi connectivity index (χ4v) is 2.08. The van der Waals surface area contributed by atoms with Gasteiger partial charge in [-0.25, -0.2) is 8.78 Å². The van der Waals surface area contributed by atoms with E-state index in [1.807, 2.05) is 6.92 Å². The summed E-state index contributed by atoms with van der Waals surface area (Å²) >= 11 is 2.98. The van der Waals surface area contributed by atoms with Gasteiger partial charge in [0.25, 0.3) is 5.91 Å². The summed E-state index contributed by atoms with van der Waals surface area (Å²) in [5.41, 5.74) is 0.758. The maximum absolute atomic E-state index is 13.6. The van der Waals surface area contributed by atoms with Gasteiger partial charge in [-0.1, -0.05) is 15.9 Å². The van der Waals surface area contributed by atoms with Gasteiger partial charge in [-0.2, -0.15) is 0 Å². The van der Waals surface area contributed by atoms with Gasteiger partial charge in [0.15, 0.2) is 11.6 Å². The van der Waals surface area contributed by atoms with Crippen LogP contribution in [0.2, 0.25) is 0 Å². The number of halogens is 3. The summed E-state index contributed by atoms with van der Waals surface area (Å²) in [6, 6.07) is 5.53. The van der Waals surface area contributed by atoms with Crippen molar-refractivity contribution in [2.24, 2.45) is 7.05 Å². The fraction of sp³-hybridized carbons (Fsp3) is 0.154. The number of nitrogens with zero attached hydrogens (tertiary/aromatic N) is 1. The summed E-state index contributed by atoms with van der Waals surface area (Å²) in [7, 11) is 1.71. The van der Waals surface area contributed by atoms with Gasteiger partial charge < -0.3 is 9.88 Å². The predicted octanol–water partition coefficient (Wildman–Crippen LogP) is 3.63. The molecule has 0 spiro atoms. The van der Waals surface area contributed by atoms with E-state index >= 15 is 0 Å². The van der Waals surface area contributed by atoms with E-state index in [1.165, 1.54) is 0 Å². The van der Waals surface area contributed by atoms with Crippen LogP contribution >= 0.6 is 15.9 Å². The monoisotopic (exact) mass is 328 g/mol. The Balaban J connectivity index is 2.32. The zero-order valence-electron chi connectivity index (χ0n) is 10.3. The van der Waals surface area contributed by atoms with Crippen molar-refractivity contribution >= 4 is 27.5 Å². The van der Waals surface area contributed by atoms with Crippen LogP contribution in [0.15, 0.2) is 28.7 Å². The van der Waals surface area contributed by atoms with Crippen LogP contribution in [0.25, 0.3) is 0 Å². The topological polar surface area (TPSA) is 34.0 Å². The second-order valence-corrected chi connectivity index (χ2v) is 5.03. The zero-order valence-corrected chi connectivity index (χ0v) is 11.9. The molecule has 0 aliphatic carbocycles. The Kier molecular flexibility index (Phi) is 3.71. The van der Waals surface area contributed by atoms with Gasteiger partial charge in [-0.05, 0) is 31.2 Å². The highest BCUT2D eigenvalue weighted by molar-refractivity contribution is 9.10. The zero-order chi connectivity index (χ0) is 14.2. The molecule has 0 fully saturated rings. The molecular weight excluding hydrogens is 318 g/mol. The molecule has 6 heteroatoms. The Morgan fingerprint density at radius 1 is 1.26 bits per heavy atom. The van der Waals surface area contributed by atoms with Crippen LogP contribution in [-0.4, -0.2) is 10.5 Å². The fourth-order valence-electron chi connectivity index (χ4n) is 1.68. The van der Waals surface area contributed by atoms with Crippen molar-refractivity contribution in [1.29, 1.82) is 0 Å². The molecule has 3 nitrogen and oxygen atoms in total. The second kappa shape index (κ2) is 5.13. The van der Waals surface area contributed by atoms with Crippen LogP contribution in [0.3, 0.4) is 0 Å². The number of aryl methyl sites for hydroxylation is 1. The van der Waals surface area contributed by atoms with E-state index in [1.54, 1.807) is 23.7 Å². The number of nitrogens with one attached hydrogen (secondary N) is 1. The first-order valence-corrected chi connectivity index (χ1v) is 6.27. The number of hydrogen-bond acceptors (Lipinski definition) is 1. The van der Waals surface area contributed by atoms with Gasteiger partial charge in [0.2, 0.25) is 0 Å². The molecule has 0 bridgehead atoms. The minimum Gasteiger partial charge on any atom is -0.344 e. The number of aromatic nitrogens is 1. The molecule has 0 radical (unpaired) electrons. The lowest BCUT2D eigenvalue weighted by Crippen LogP contribution is -2.17. The molecule has 1 amide bonds. The summed E-state index contributed by atoms with van der Waals surface area (Å²) in [5.74, 6) is -2.21. The van der Waals surface area contributed by atoms with Crippen LogP contribution in [0, 0.1) is 18.6 Å². The number of carbonyl (C=O) groups excluding carboxylic acids is 1. The molecule has 0 aliphatic rings. The highest BCUT2D eigenvalue weighted by atomic mass is 79.9. The average molecular weight is 329 g/mol. The molecule has 19 heavy (non-hydrogen) atoms. The predicted molar refractivity (Wildman–Crippen MR) is 72.2 cm³/mol. The van der Waals surface area contributed by atoms with E-state index in [2.05, 4.69) is 21.2 Å². The molecule has 2 rings (SSSR count). The van der Waals surface area contributed by atoms with Gasteiger partial charge in [-0.3, -0.25) is 4.79 Å². The lowest BCUT2D eigenvalue weighted by atomic mass is 10.2. The van der Waals surface area contributed by atoms with Crippen LogP contribution in [0.4, 0.5) is 14.5 Å². The number of rotatable bonds is 2. The van der Waals surface area contributed by atoms with E-state index in [-0.39, 0.29) is 4.47 Å². The smallest absolute Gasteiger partial charge is 0.272 e. The molecule has 100 valence electrons. The third kappa shape index (κ3) is 2.68. The third-order valence-electron chi connectivity index (χ3n) is 2.85. The maximum Gasteiger partial charge on any atom is 0.272 e. The van der Waals surface area contributed by atoms with Crippen LogP contribution in [0.1, 0.15) is 16.2 Å². The number of carbonyl (C=O) groups is 1. The minimum atomic E-state index is -0.828. The molecule has 0 aliphatic heterocycles. The number of amides is 1. The Labute approximate surface area is 117 Å². The van der Waals surface area contributed by atoms with E-state index < -0.39 is 23.2 Å². The van der Waals surface area contributed by atoms with Gasteiger partial charge in [-0.15, -0.1) is 0 Å². The SMILES string of the molecule is Cc1ccc(C(=O)Nc2c(F)cc(Br)cc2F)n1C. The van der Waals surface area contributed by atoms with Crippen molar-refractivity contribution in [1.82, 2.24) is 4.57 Å². The van der Waals surface area contributed by atoms with Gasteiger partial charge in [0.05, 0.1) is 0 Å². The maximum atomic E-state index is 13.6. The van der Waals surface area contributed by atoms with Crippen molar-refractivity contribution in [3.63, 3.8) is 0 Å². The number of hydrogen-bond donors (Lipinski definition) is 1. The van der Waals surface area contributed by atoms with E-state index in [9.17, 15) is 13.6 Å². The molecule has 2 aromatic rings. The first kappa shape index (κ1) is 13.7. The third-order valence-corrected chi connectivity index (χ3v) is 3.31. The normalized spacial score (nSPS) is 10.6. The second-order valence-electron chi connectivity index (χ2n) is 4.12. The Bertz CT molecular complexity index is 629. The summed E-state index contributed by atoms with van der Waals surface area (Å²) in [5, 5.41) is 2.25. The van der Waals surface area contributed by atoms with Crippen molar-refractivity contribution in [2.45, 2.75) is 6.92 Å². The highest BCUT2D eigenvalue weighted by Gasteiger charge is 2.16. The highest BCUT2D eigenvalue weighted by Crippen LogP contribution is 2.24. The van der Waals surface area contributed by atoms with Crippen LogP contribution in [-0.2, 0) is 7.05 Å². The first-order valence-electron chi connectivity index (χ1n) is 5.48. The molecular formula is C13H11BrF2N2O. The molecule has 0 saturated heterocycles. The Hall–Kier alpha value is -1.69. The molecule has 0 unspecified atom stereocenters. The van der Waals surface area contributed by atoms with E-state index in [4.69, 9.17) is 0 Å². The minimum absolute atomic E-state index is 0.273. The van der Waals surface area contributed by atoms with Crippen molar-refractivity contribution in [3.8, 4) is 0 Å². The standard InChI is InChI=1S/C13H11BrF2N2O/c1-7-3-4-11(18(7)2)13(19)17-12-9(15)5-8(14)6-10(12)16/h3-6H,1-2H3,(H,17,19). The Morgan fingerprint density at radius 3 is 2.32 bits per heavy atom. The Morgan fingerprint density at radius 2 is 1.84 bits per heavy atom. The molecule has 1 heterocycles. The molecule has 1 N–H and O–H groups in total. The van der Waals surface area contributed by atoms with Gasteiger partial charge in [0, 0.05) is 17.2 Å². The lowest BCUT2D eigenvalue weighted by molar-refractivity contribution is 0.101. The number of anilines is 1. The average Bonchev–Trinajstić information content (AvgIpc) is 2.64. The molecule has 0 saturated carbocycles. The van der Waals surface area contributed by atoms with Crippen molar-refractivity contribution < 1.29 is 13.6 Å². The lowest BCUT2D eigenvalue weighted by Gasteiger charge is -2.09. The van der Waals surface area contributed by atoms with Crippen molar-refractivity contribution in [2.75, 3.05) is 5.32 Å². The summed E-state index contributed by atoms with van der Waals surface area (Å²) in [6.45, 7) is 1.83. The first-order chi connectivity index (χ1) is 8.90. The van der Waals surface area contributed by atoms with Crippen LogP contribution in [0.5, 0.6) is 0 Å². The number of benzene rings is 1. The summed E-state index contributed by atoms with van der Waals surface area (Å²) in [6.07, 6.45) is 0. The van der Waals surface area contributed by atoms with E-state index in [0.29, 0.717) is 5.69 Å². The largest absolute Gasteiger partial charge is 0.344 e. The van der Waals surface area contributed by atoms with E-state index in [0.717, 1.165) is 17.8 Å². The summed E-state index contributed by atoms with van der Waals surface area (Å²) in [4.78, 5) is 12.0. The quantitative estimate of drug-likeness (QED) is 0.897.